The molecule has 8 nitrogen and oxygen atoms in total. The number of hydrogen-bond donors (Lipinski definition) is 4. The fourth-order valence-corrected chi connectivity index (χ4v) is 3.28. The number of allylic oxidation sites excluding steroid dienone is 2. The van der Waals surface area contributed by atoms with E-state index in [1.165, 1.54) is 6.20 Å². The molecule has 1 fully saturated rings. The lowest BCUT2D eigenvalue weighted by atomic mass is 9.73. The van der Waals surface area contributed by atoms with E-state index in [1.54, 1.807) is 30.4 Å². The van der Waals surface area contributed by atoms with Crippen LogP contribution < -0.4 is 22.1 Å². The van der Waals surface area contributed by atoms with Crippen LogP contribution >= 0.6 is 0 Å². The lowest BCUT2D eigenvalue weighted by molar-refractivity contribution is -0.122. The van der Waals surface area contributed by atoms with Crippen LogP contribution in [0.1, 0.15) is 24.8 Å². The summed E-state index contributed by atoms with van der Waals surface area (Å²) >= 11 is 0. The van der Waals surface area contributed by atoms with Gasteiger partial charge in [-0.3, -0.25) is 14.4 Å². The molecule has 2 atom stereocenters. The largest absolute Gasteiger partial charge is 0.369 e. The summed E-state index contributed by atoms with van der Waals surface area (Å²) in [6.45, 7) is 0.827. The Morgan fingerprint density at radius 2 is 2.08 bits per heavy atom. The minimum absolute atomic E-state index is 0.0769. The number of pyridine rings is 1. The van der Waals surface area contributed by atoms with E-state index in [1.807, 2.05) is 0 Å². The Morgan fingerprint density at radius 3 is 2.65 bits per heavy atom. The molecule has 1 aromatic rings. The molecule has 0 saturated carbocycles. The van der Waals surface area contributed by atoms with Crippen LogP contribution in [0.4, 0.5) is 5.82 Å². The number of carbonyl (C=O) groups excluding carboxylic acids is 3. The van der Waals surface area contributed by atoms with Crippen LogP contribution in [-0.2, 0) is 19.8 Å². The van der Waals surface area contributed by atoms with Gasteiger partial charge in [-0.15, -0.1) is 0 Å². The van der Waals surface area contributed by atoms with Gasteiger partial charge in [-0.1, -0.05) is 24.3 Å². The Morgan fingerprint density at radius 1 is 1.27 bits per heavy atom. The highest BCUT2D eigenvalue weighted by Gasteiger charge is 2.39. The summed E-state index contributed by atoms with van der Waals surface area (Å²) in [7, 11) is 0. The number of nitrogens with one attached hydrogen (secondary N) is 2. The van der Waals surface area contributed by atoms with E-state index >= 15 is 0 Å². The van der Waals surface area contributed by atoms with E-state index in [0.29, 0.717) is 17.0 Å². The van der Waals surface area contributed by atoms with Crippen molar-refractivity contribution in [3.8, 4) is 0 Å². The van der Waals surface area contributed by atoms with E-state index < -0.39 is 17.2 Å². The van der Waals surface area contributed by atoms with Crippen molar-refractivity contribution in [1.29, 1.82) is 0 Å². The van der Waals surface area contributed by atoms with Crippen LogP contribution in [0.15, 0.2) is 42.1 Å². The highest BCUT2D eigenvalue weighted by Crippen LogP contribution is 2.35. The third-order valence-corrected chi connectivity index (χ3v) is 4.81. The molecule has 3 amide bonds. The standard InChI is InChI=1S/C18H21N5O3/c19-15(24)11-3-1-7-18(9-11,17(20)26)12-5-6-14(22-10-12)23-16(25)13-4-2-8-21-13/h1,3,5-7,10,13,21H,2,4,8-9H2,(H2,19,24)(H2,20,26)(H,22,23,25)/t13-,18?/m1/s1. The van der Waals surface area contributed by atoms with Crippen LogP contribution in [0, 0.1) is 0 Å². The molecule has 136 valence electrons. The van der Waals surface area contributed by atoms with Gasteiger partial charge in [0.15, 0.2) is 0 Å². The third kappa shape index (κ3) is 3.36. The van der Waals surface area contributed by atoms with Crippen LogP contribution in [0.5, 0.6) is 0 Å². The van der Waals surface area contributed by atoms with Crippen LogP contribution in [0.3, 0.4) is 0 Å². The average Bonchev–Trinajstić information content (AvgIpc) is 3.17. The molecule has 3 rings (SSSR count). The summed E-state index contributed by atoms with van der Waals surface area (Å²) in [5.41, 5.74) is 10.6. The van der Waals surface area contributed by atoms with Crippen molar-refractivity contribution in [3.05, 3.63) is 47.7 Å². The molecule has 1 aliphatic carbocycles. The zero-order valence-corrected chi connectivity index (χ0v) is 14.2. The smallest absolute Gasteiger partial charge is 0.244 e. The summed E-state index contributed by atoms with van der Waals surface area (Å²) in [4.78, 5) is 40.0. The lowest BCUT2D eigenvalue weighted by Crippen LogP contribution is -2.42. The zero-order chi connectivity index (χ0) is 18.7. The normalized spacial score (nSPS) is 24.8. The van der Waals surface area contributed by atoms with E-state index in [9.17, 15) is 14.4 Å². The number of rotatable bonds is 5. The molecule has 8 heteroatoms. The van der Waals surface area contributed by atoms with Crippen molar-refractivity contribution in [3.63, 3.8) is 0 Å². The molecule has 0 radical (unpaired) electrons. The number of carbonyl (C=O) groups is 3. The van der Waals surface area contributed by atoms with E-state index in [2.05, 4.69) is 15.6 Å². The van der Waals surface area contributed by atoms with Crippen molar-refractivity contribution in [2.45, 2.75) is 30.7 Å². The summed E-state index contributed by atoms with van der Waals surface area (Å²) < 4.78 is 0. The number of hydrogen-bond acceptors (Lipinski definition) is 5. The molecule has 1 aliphatic heterocycles. The minimum atomic E-state index is -1.19. The monoisotopic (exact) mass is 355 g/mol. The maximum atomic E-state index is 12.2. The lowest BCUT2D eigenvalue weighted by Gasteiger charge is -2.30. The molecular weight excluding hydrogens is 334 g/mol. The first-order valence-corrected chi connectivity index (χ1v) is 8.41. The summed E-state index contributed by atoms with van der Waals surface area (Å²) in [5, 5.41) is 5.87. The van der Waals surface area contributed by atoms with E-state index in [4.69, 9.17) is 11.5 Å². The topological polar surface area (TPSA) is 140 Å². The fraction of sp³-hybridized carbons (Fsp3) is 0.333. The van der Waals surface area contributed by atoms with E-state index in [-0.39, 0.29) is 18.4 Å². The maximum absolute atomic E-state index is 12.2. The van der Waals surface area contributed by atoms with E-state index in [0.717, 1.165) is 19.4 Å². The molecular formula is C18H21N5O3. The number of nitrogens with two attached hydrogens (primary N) is 2. The number of primary amides is 2. The molecule has 2 heterocycles. The predicted octanol–water partition coefficient (Wildman–Crippen LogP) is -0.133. The Hall–Kier alpha value is -3.00. The highest BCUT2D eigenvalue weighted by molar-refractivity contribution is 5.97. The fourth-order valence-electron chi connectivity index (χ4n) is 3.28. The molecule has 0 aromatic carbocycles. The Balaban J connectivity index is 1.80. The minimum Gasteiger partial charge on any atom is -0.369 e. The van der Waals surface area contributed by atoms with Crippen LogP contribution in [-0.4, -0.2) is 35.3 Å². The third-order valence-electron chi connectivity index (χ3n) is 4.81. The second-order valence-corrected chi connectivity index (χ2v) is 6.50. The molecule has 6 N–H and O–H groups in total. The number of nitrogens with zero attached hydrogens (tertiary/aromatic N) is 1. The average molecular weight is 355 g/mol. The first kappa shape index (κ1) is 17.8. The van der Waals surface area contributed by atoms with Crippen molar-refractivity contribution in [1.82, 2.24) is 10.3 Å². The van der Waals surface area contributed by atoms with Gasteiger partial charge in [-0.25, -0.2) is 4.98 Å². The first-order valence-electron chi connectivity index (χ1n) is 8.41. The number of amides is 3. The summed E-state index contributed by atoms with van der Waals surface area (Å²) in [6.07, 6.45) is 8.12. The quantitative estimate of drug-likeness (QED) is 0.582. The van der Waals surface area contributed by atoms with Gasteiger partial charge in [0.2, 0.25) is 17.7 Å². The van der Waals surface area contributed by atoms with Gasteiger partial charge < -0.3 is 22.1 Å². The van der Waals surface area contributed by atoms with Crippen molar-refractivity contribution >= 4 is 23.5 Å². The molecule has 0 spiro atoms. The molecule has 1 saturated heterocycles. The Bertz CT molecular complexity index is 794. The van der Waals surface area contributed by atoms with Crippen molar-refractivity contribution in [2.24, 2.45) is 11.5 Å². The zero-order valence-electron chi connectivity index (χ0n) is 14.2. The van der Waals surface area contributed by atoms with Gasteiger partial charge in [0.25, 0.3) is 0 Å². The number of aromatic nitrogens is 1. The van der Waals surface area contributed by atoms with Gasteiger partial charge in [-0.05, 0) is 37.4 Å². The van der Waals surface area contributed by atoms with Gasteiger partial charge >= 0.3 is 0 Å². The summed E-state index contributed by atoms with van der Waals surface area (Å²) in [6, 6.07) is 3.07. The van der Waals surface area contributed by atoms with Gasteiger partial charge in [-0.2, -0.15) is 0 Å². The van der Waals surface area contributed by atoms with Gasteiger partial charge in [0.1, 0.15) is 5.82 Å². The Kier molecular flexibility index (Phi) is 4.85. The van der Waals surface area contributed by atoms with Gasteiger partial charge in [0.05, 0.1) is 11.5 Å². The van der Waals surface area contributed by atoms with Crippen molar-refractivity contribution < 1.29 is 14.4 Å². The SMILES string of the molecule is NC(=O)C1=CC=CC(C(N)=O)(c2ccc(NC(=O)[C@H]3CCCN3)nc2)C1. The van der Waals surface area contributed by atoms with Crippen molar-refractivity contribution in [2.75, 3.05) is 11.9 Å². The molecule has 2 aliphatic rings. The second kappa shape index (κ2) is 7.09. The first-order chi connectivity index (χ1) is 12.4. The van der Waals surface area contributed by atoms with Crippen LogP contribution in [0.2, 0.25) is 0 Å². The maximum Gasteiger partial charge on any atom is 0.244 e. The second-order valence-electron chi connectivity index (χ2n) is 6.50. The summed E-state index contributed by atoms with van der Waals surface area (Å²) in [5.74, 6) is -0.948. The Labute approximate surface area is 150 Å². The predicted molar refractivity (Wildman–Crippen MR) is 95.8 cm³/mol. The molecule has 0 bridgehead atoms. The van der Waals surface area contributed by atoms with Gasteiger partial charge in [0, 0.05) is 11.8 Å². The molecule has 1 aromatic heterocycles. The van der Waals surface area contributed by atoms with Crippen LogP contribution in [0.25, 0.3) is 0 Å². The highest BCUT2D eigenvalue weighted by atomic mass is 16.2. The number of anilines is 1. The molecule has 26 heavy (non-hydrogen) atoms. The molecule has 1 unspecified atom stereocenters.